The fourth-order valence-electron chi connectivity index (χ4n) is 2.61. The molecule has 0 amide bonds. The summed E-state index contributed by atoms with van der Waals surface area (Å²) in [7, 11) is 1.96. The summed E-state index contributed by atoms with van der Waals surface area (Å²) in [6.07, 6.45) is 3.67. The summed E-state index contributed by atoms with van der Waals surface area (Å²) in [4.78, 5) is 16.7. The van der Waals surface area contributed by atoms with Crippen LogP contribution in [0.25, 0.3) is 11.0 Å². The number of carbonyl (C=O) groups excluding carboxylic acids is 1. The summed E-state index contributed by atoms with van der Waals surface area (Å²) < 4.78 is 1.97. The van der Waals surface area contributed by atoms with Gasteiger partial charge in [0.05, 0.1) is 17.4 Å². The first-order valence-corrected chi connectivity index (χ1v) is 6.42. The topological polar surface area (TPSA) is 46.9 Å². The zero-order valence-corrected chi connectivity index (χ0v) is 10.5. The molecule has 1 aromatic carbocycles. The fraction of sp³-hybridized carbons (Fsp3) is 0.429. The minimum Gasteiger partial charge on any atom is -0.334 e. The molecule has 1 N–H and O–H groups in total. The zero-order chi connectivity index (χ0) is 12.5. The molecule has 3 rings (SSSR count). The molecular weight excluding hydrogens is 226 g/mol. The molecule has 0 unspecified atom stereocenters. The van der Waals surface area contributed by atoms with Gasteiger partial charge in [-0.3, -0.25) is 4.79 Å². The summed E-state index contributed by atoms with van der Waals surface area (Å²) in [5, 5.41) is 3.29. The molecule has 0 saturated carbocycles. The molecule has 0 radical (unpaired) electrons. The van der Waals surface area contributed by atoms with Gasteiger partial charge in [-0.1, -0.05) is 0 Å². The lowest BCUT2D eigenvalue weighted by atomic mass is 9.89. The number of rotatable bonds is 2. The molecule has 2 aromatic rings. The average molecular weight is 243 g/mol. The van der Waals surface area contributed by atoms with Gasteiger partial charge in [-0.25, -0.2) is 4.98 Å². The highest BCUT2D eigenvalue weighted by molar-refractivity contribution is 6.00. The highest BCUT2D eigenvalue weighted by Crippen LogP contribution is 2.21. The van der Waals surface area contributed by atoms with Crippen LogP contribution in [0.1, 0.15) is 23.2 Å². The van der Waals surface area contributed by atoms with E-state index >= 15 is 0 Å². The van der Waals surface area contributed by atoms with Gasteiger partial charge in [0.2, 0.25) is 0 Å². The van der Waals surface area contributed by atoms with Gasteiger partial charge >= 0.3 is 0 Å². The Hall–Kier alpha value is -1.68. The molecule has 0 atom stereocenters. The highest BCUT2D eigenvalue weighted by Gasteiger charge is 2.22. The van der Waals surface area contributed by atoms with Crippen LogP contribution >= 0.6 is 0 Å². The van der Waals surface area contributed by atoms with E-state index in [1.54, 1.807) is 6.33 Å². The molecule has 0 aliphatic carbocycles. The number of imidazole rings is 1. The molecule has 1 aliphatic rings. The van der Waals surface area contributed by atoms with Gasteiger partial charge in [0, 0.05) is 18.5 Å². The maximum atomic E-state index is 12.4. The first kappa shape index (κ1) is 11.4. The monoisotopic (exact) mass is 243 g/mol. The van der Waals surface area contributed by atoms with Crippen molar-refractivity contribution >= 4 is 16.8 Å². The normalized spacial score (nSPS) is 17.2. The number of nitrogens with zero attached hydrogens (tertiary/aromatic N) is 2. The smallest absolute Gasteiger partial charge is 0.166 e. The first-order chi connectivity index (χ1) is 8.75. The van der Waals surface area contributed by atoms with E-state index in [0.29, 0.717) is 0 Å². The minimum atomic E-state index is 0.174. The molecule has 4 nitrogen and oxygen atoms in total. The molecule has 1 aliphatic heterocycles. The summed E-state index contributed by atoms with van der Waals surface area (Å²) in [6.45, 7) is 1.89. The molecule has 4 heteroatoms. The largest absolute Gasteiger partial charge is 0.334 e. The predicted octanol–water partition coefficient (Wildman–Crippen LogP) is 1.76. The van der Waals surface area contributed by atoms with Crippen molar-refractivity contribution in [1.29, 1.82) is 0 Å². The number of ketones is 1. The summed E-state index contributed by atoms with van der Waals surface area (Å²) in [5.41, 5.74) is 2.77. The molecule has 0 spiro atoms. The van der Waals surface area contributed by atoms with E-state index < -0.39 is 0 Å². The van der Waals surface area contributed by atoms with E-state index in [2.05, 4.69) is 10.3 Å². The van der Waals surface area contributed by atoms with E-state index in [1.165, 1.54) is 0 Å². The number of nitrogens with one attached hydrogen (secondary N) is 1. The Morgan fingerprint density at radius 1 is 1.39 bits per heavy atom. The number of fused-ring (bicyclic) bond motifs is 1. The molecule has 2 heterocycles. The molecule has 0 bridgehead atoms. The summed E-state index contributed by atoms with van der Waals surface area (Å²) in [6, 6.07) is 5.82. The zero-order valence-electron chi connectivity index (χ0n) is 10.5. The van der Waals surface area contributed by atoms with E-state index in [-0.39, 0.29) is 11.7 Å². The van der Waals surface area contributed by atoms with Crippen molar-refractivity contribution in [2.75, 3.05) is 13.1 Å². The summed E-state index contributed by atoms with van der Waals surface area (Å²) in [5.74, 6) is 0.441. The number of hydrogen-bond acceptors (Lipinski definition) is 3. The van der Waals surface area contributed by atoms with Crippen LogP contribution in [-0.2, 0) is 7.05 Å². The summed E-state index contributed by atoms with van der Waals surface area (Å²) >= 11 is 0. The number of hydrogen-bond donors (Lipinski definition) is 1. The quantitative estimate of drug-likeness (QED) is 0.817. The number of benzene rings is 1. The van der Waals surface area contributed by atoms with Gasteiger partial charge in [-0.2, -0.15) is 0 Å². The Labute approximate surface area is 106 Å². The third-order valence-electron chi connectivity index (χ3n) is 3.72. The van der Waals surface area contributed by atoms with Crippen LogP contribution in [0.15, 0.2) is 24.5 Å². The number of carbonyl (C=O) groups is 1. The Morgan fingerprint density at radius 3 is 2.94 bits per heavy atom. The SMILES string of the molecule is Cn1cnc2cc(C(=O)C3CCNCC3)ccc21. The van der Waals surface area contributed by atoms with Gasteiger partial charge in [0.1, 0.15) is 0 Å². The van der Waals surface area contributed by atoms with Crippen molar-refractivity contribution in [2.45, 2.75) is 12.8 Å². The molecule has 18 heavy (non-hydrogen) atoms. The van der Waals surface area contributed by atoms with E-state index in [0.717, 1.165) is 42.5 Å². The second-order valence-electron chi connectivity index (χ2n) is 4.95. The number of piperidine rings is 1. The predicted molar refractivity (Wildman–Crippen MR) is 70.6 cm³/mol. The Kier molecular flexibility index (Phi) is 2.88. The van der Waals surface area contributed by atoms with E-state index in [1.807, 2.05) is 29.8 Å². The van der Waals surface area contributed by atoms with Crippen LogP contribution in [0.5, 0.6) is 0 Å². The fourth-order valence-corrected chi connectivity index (χ4v) is 2.61. The second-order valence-corrected chi connectivity index (χ2v) is 4.95. The van der Waals surface area contributed by atoms with Crippen LogP contribution in [-0.4, -0.2) is 28.4 Å². The van der Waals surface area contributed by atoms with Crippen molar-refractivity contribution in [2.24, 2.45) is 13.0 Å². The van der Waals surface area contributed by atoms with Crippen molar-refractivity contribution < 1.29 is 4.79 Å². The molecule has 94 valence electrons. The third-order valence-corrected chi connectivity index (χ3v) is 3.72. The average Bonchev–Trinajstić information content (AvgIpc) is 2.80. The van der Waals surface area contributed by atoms with Gasteiger partial charge in [-0.15, -0.1) is 0 Å². The lowest BCUT2D eigenvalue weighted by Crippen LogP contribution is -2.31. The van der Waals surface area contributed by atoms with Crippen molar-refractivity contribution in [1.82, 2.24) is 14.9 Å². The van der Waals surface area contributed by atoms with Gasteiger partial charge < -0.3 is 9.88 Å². The highest BCUT2D eigenvalue weighted by atomic mass is 16.1. The molecule has 1 fully saturated rings. The second kappa shape index (κ2) is 4.53. The molecular formula is C14H17N3O. The third kappa shape index (κ3) is 1.93. The van der Waals surface area contributed by atoms with Gasteiger partial charge in [-0.05, 0) is 44.1 Å². The van der Waals surface area contributed by atoms with E-state index in [4.69, 9.17) is 0 Å². The standard InChI is InChI=1S/C14H17N3O/c1-17-9-16-12-8-11(2-3-13(12)17)14(18)10-4-6-15-7-5-10/h2-3,8-10,15H,4-7H2,1H3. The first-order valence-electron chi connectivity index (χ1n) is 6.42. The lowest BCUT2D eigenvalue weighted by Gasteiger charge is -2.21. The maximum Gasteiger partial charge on any atom is 0.166 e. The Balaban J connectivity index is 1.91. The van der Waals surface area contributed by atoms with Gasteiger partial charge in [0.25, 0.3) is 0 Å². The van der Waals surface area contributed by atoms with Crippen molar-refractivity contribution in [3.63, 3.8) is 0 Å². The van der Waals surface area contributed by atoms with Gasteiger partial charge in [0.15, 0.2) is 5.78 Å². The lowest BCUT2D eigenvalue weighted by molar-refractivity contribution is 0.0895. The van der Waals surface area contributed by atoms with Crippen molar-refractivity contribution in [3.05, 3.63) is 30.1 Å². The van der Waals surface area contributed by atoms with Crippen molar-refractivity contribution in [3.8, 4) is 0 Å². The Morgan fingerprint density at radius 2 is 2.17 bits per heavy atom. The van der Waals surface area contributed by atoms with Crippen LogP contribution < -0.4 is 5.32 Å². The van der Waals surface area contributed by atoms with Crippen LogP contribution in [0.3, 0.4) is 0 Å². The van der Waals surface area contributed by atoms with Crippen LogP contribution in [0.4, 0.5) is 0 Å². The van der Waals surface area contributed by atoms with E-state index in [9.17, 15) is 4.79 Å². The number of aromatic nitrogens is 2. The number of Topliss-reactive ketones (excluding diaryl/α,β-unsaturated/α-hetero) is 1. The maximum absolute atomic E-state index is 12.4. The Bertz CT molecular complexity index is 582. The number of aryl methyl sites for hydroxylation is 1. The molecule has 1 aromatic heterocycles. The van der Waals surface area contributed by atoms with Crippen LogP contribution in [0, 0.1) is 5.92 Å². The minimum absolute atomic E-state index is 0.174. The van der Waals surface area contributed by atoms with Crippen LogP contribution in [0.2, 0.25) is 0 Å². The molecule has 1 saturated heterocycles.